The van der Waals surface area contributed by atoms with Crippen LogP contribution in [0.1, 0.15) is 41.4 Å². The zero-order valence-corrected chi connectivity index (χ0v) is 16.4. The lowest BCUT2D eigenvalue weighted by Crippen LogP contribution is -2.03. The summed E-state index contributed by atoms with van der Waals surface area (Å²) in [4.78, 5) is 18.5. The molecule has 0 saturated carbocycles. The first-order chi connectivity index (χ1) is 13.5. The van der Waals surface area contributed by atoms with E-state index in [4.69, 9.17) is 15.1 Å². The molecule has 7 nitrogen and oxygen atoms in total. The molecular weight excluding hydrogens is 350 g/mol. The maximum atomic E-state index is 4.97. The second kappa shape index (κ2) is 6.09. The smallest absolute Gasteiger partial charge is 0.177 e. The number of rotatable bonds is 3. The van der Waals surface area contributed by atoms with Gasteiger partial charge in [0.1, 0.15) is 5.65 Å². The largest absolute Gasteiger partial charge is 0.303 e. The van der Waals surface area contributed by atoms with Gasteiger partial charge in [0.05, 0.1) is 22.6 Å². The van der Waals surface area contributed by atoms with Gasteiger partial charge in [-0.2, -0.15) is 5.10 Å². The van der Waals surface area contributed by atoms with Gasteiger partial charge < -0.3 is 4.40 Å². The molecule has 0 spiro atoms. The molecule has 5 aromatic rings. The Balaban J connectivity index is 1.57. The number of hydrogen-bond donors (Lipinski definition) is 0. The lowest BCUT2D eigenvalue weighted by molar-refractivity contribution is 0.691. The Hall–Kier alpha value is -3.35. The summed E-state index contributed by atoms with van der Waals surface area (Å²) < 4.78 is 4.02. The first-order valence-corrected chi connectivity index (χ1v) is 9.43. The molecule has 7 heteroatoms. The lowest BCUT2D eigenvalue weighted by atomic mass is 10.0. The highest BCUT2D eigenvalue weighted by molar-refractivity contribution is 5.91. The molecule has 0 radical (unpaired) electrons. The molecule has 0 aliphatic heterocycles. The summed E-state index contributed by atoms with van der Waals surface area (Å²) in [6, 6.07) is 6.06. The Morgan fingerprint density at radius 3 is 2.71 bits per heavy atom. The van der Waals surface area contributed by atoms with Crippen molar-refractivity contribution in [1.82, 2.24) is 34.0 Å². The van der Waals surface area contributed by atoms with Crippen LogP contribution in [0, 0.1) is 20.8 Å². The summed E-state index contributed by atoms with van der Waals surface area (Å²) in [5, 5.41) is 5.76. The minimum atomic E-state index is 0.192. The monoisotopic (exact) mass is 371 g/mol. The van der Waals surface area contributed by atoms with E-state index in [1.807, 2.05) is 49.1 Å². The van der Waals surface area contributed by atoms with Crippen molar-refractivity contribution in [2.24, 2.45) is 0 Å². The van der Waals surface area contributed by atoms with Gasteiger partial charge in [0.25, 0.3) is 0 Å². The summed E-state index contributed by atoms with van der Waals surface area (Å²) >= 11 is 0. The second-order valence-corrected chi connectivity index (χ2v) is 7.38. The minimum absolute atomic E-state index is 0.192. The number of fused-ring (bicyclic) bond motifs is 4. The molecule has 0 aliphatic rings. The molecule has 1 unspecified atom stereocenters. The Morgan fingerprint density at radius 2 is 1.89 bits per heavy atom. The molecule has 0 saturated heterocycles. The Kier molecular flexibility index (Phi) is 3.65. The van der Waals surface area contributed by atoms with Gasteiger partial charge in [-0.05, 0) is 39.0 Å². The summed E-state index contributed by atoms with van der Waals surface area (Å²) in [7, 11) is 0. The van der Waals surface area contributed by atoms with Gasteiger partial charge in [-0.25, -0.2) is 14.5 Å². The fourth-order valence-electron chi connectivity index (χ4n) is 3.85. The van der Waals surface area contributed by atoms with Gasteiger partial charge in [0.15, 0.2) is 11.5 Å². The van der Waals surface area contributed by atoms with E-state index in [9.17, 15) is 0 Å². The van der Waals surface area contributed by atoms with Crippen LogP contribution >= 0.6 is 0 Å². The quantitative estimate of drug-likeness (QED) is 0.484. The average molecular weight is 371 g/mol. The van der Waals surface area contributed by atoms with E-state index in [1.54, 1.807) is 0 Å². The molecule has 5 heterocycles. The molecule has 1 atom stereocenters. The van der Waals surface area contributed by atoms with Crippen molar-refractivity contribution in [3.8, 4) is 0 Å². The van der Waals surface area contributed by atoms with Gasteiger partial charge in [-0.15, -0.1) is 0 Å². The molecule has 0 N–H and O–H groups in total. The van der Waals surface area contributed by atoms with Crippen LogP contribution in [-0.4, -0.2) is 34.0 Å². The molecule has 0 fully saturated rings. The van der Waals surface area contributed by atoms with Crippen molar-refractivity contribution in [1.29, 1.82) is 0 Å². The zero-order chi connectivity index (χ0) is 19.4. The summed E-state index contributed by atoms with van der Waals surface area (Å²) in [5.74, 6) is 1.01. The summed E-state index contributed by atoms with van der Waals surface area (Å²) in [6.07, 6.45) is 6.41. The number of imidazole rings is 1. The van der Waals surface area contributed by atoms with Gasteiger partial charge in [-0.3, -0.25) is 9.97 Å². The summed E-state index contributed by atoms with van der Waals surface area (Å²) in [5.41, 5.74) is 6.82. The van der Waals surface area contributed by atoms with Gasteiger partial charge in [-0.1, -0.05) is 6.92 Å². The molecule has 5 rings (SSSR count). The van der Waals surface area contributed by atoms with E-state index < -0.39 is 0 Å². The van der Waals surface area contributed by atoms with Crippen LogP contribution in [-0.2, 0) is 6.42 Å². The topological polar surface area (TPSA) is 73.3 Å². The first kappa shape index (κ1) is 16.8. The van der Waals surface area contributed by atoms with E-state index in [0.29, 0.717) is 0 Å². The number of hydrogen-bond acceptors (Lipinski definition) is 5. The van der Waals surface area contributed by atoms with Gasteiger partial charge >= 0.3 is 0 Å². The number of aromatic nitrogens is 7. The fraction of sp³-hybridized carbons (Fsp3) is 0.286. The molecule has 5 aromatic heterocycles. The van der Waals surface area contributed by atoms with E-state index in [-0.39, 0.29) is 5.92 Å². The Morgan fingerprint density at radius 1 is 1.04 bits per heavy atom. The molecule has 0 amide bonds. The van der Waals surface area contributed by atoms with Crippen molar-refractivity contribution in [2.75, 3.05) is 0 Å². The van der Waals surface area contributed by atoms with Crippen molar-refractivity contribution in [3.05, 3.63) is 65.4 Å². The third kappa shape index (κ3) is 2.46. The lowest BCUT2D eigenvalue weighted by Gasteiger charge is -2.07. The van der Waals surface area contributed by atoms with Gasteiger partial charge in [0.2, 0.25) is 0 Å². The number of aryl methyl sites for hydroxylation is 3. The molecule has 140 valence electrons. The van der Waals surface area contributed by atoms with Crippen LogP contribution in [0.4, 0.5) is 0 Å². The van der Waals surface area contributed by atoms with Crippen LogP contribution in [0.5, 0.6) is 0 Å². The Labute approximate surface area is 162 Å². The second-order valence-electron chi connectivity index (χ2n) is 7.38. The van der Waals surface area contributed by atoms with Crippen LogP contribution < -0.4 is 0 Å². The fourth-order valence-corrected chi connectivity index (χ4v) is 3.85. The SMILES string of the molecule is Cc1ncc(C)n2nc(CC(C)c3nc4c5cccnc5ccn4c3C)nc12. The maximum Gasteiger partial charge on any atom is 0.177 e. The predicted octanol–water partition coefficient (Wildman–Crippen LogP) is 3.59. The molecule has 0 aliphatic carbocycles. The molecular formula is C21H21N7. The Bertz CT molecular complexity index is 1310. The van der Waals surface area contributed by atoms with Gasteiger partial charge in [0, 0.05) is 42.0 Å². The van der Waals surface area contributed by atoms with E-state index in [1.165, 1.54) is 0 Å². The number of nitrogens with zero attached hydrogens (tertiary/aromatic N) is 7. The minimum Gasteiger partial charge on any atom is -0.303 e. The van der Waals surface area contributed by atoms with Crippen LogP contribution in [0.25, 0.3) is 22.2 Å². The molecule has 28 heavy (non-hydrogen) atoms. The highest BCUT2D eigenvalue weighted by atomic mass is 15.3. The first-order valence-electron chi connectivity index (χ1n) is 9.43. The third-order valence-electron chi connectivity index (χ3n) is 5.36. The highest BCUT2D eigenvalue weighted by Gasteiger charge is 2.19. The van der Waals surface area contributed by atoms with Crippen molar-refractivity contribution < 1.29 is 0 Å². The standard InChI is InChI=1S/C21H21N7/c1-12(10-18-24-20-14(3)23-11-13(2)28(20)26-18)19-15(4)27-9-7-17-16(21(27)25-19)6-5-8-22-17/h5-9,11-12H,10H2,1-4H3. The maximum absolute atomic E-state index is 4.97. The predicted molar refractivity (Wildman–Crippen MR) is 108 cm³/mol. The average Bonchev–Trinajstić information content (AvgIpc) is 3.27. The van der Waals surface area contributed by atoms with Crippen molar-refractivity contribution >= 4 is 22.2 Å². The summed E-state index contributed by atoms with van der Waals surface area (Å²) in [6.45, 7) is 8.25. The highest BCUT2D eigenvalue weighted by Crippen LogP contribution is 2.26. The van der Waals surface area contributed by atoms with E-state index in [0.717, 1.165) is 57.2 Å². The van der Waals surface area contributed by atoms with Crippen molar-refractivity contribution in [3.63, 3.8) is 0 Å². The molecule has 0 bridgehead atoms. The van der Waals surface area contributed by atoms with Crippen LogP contribution in [0.2, 0.25) is 0 Å². The zero-order valence-electron chi connectivity index (χ0n) is 16.4. The third-order valence-corrected chi connectivity index (χ3v) is 5.36. The van der Waals surface area contributed by atoms with E-state index >= 15 is 0 Å². The van der Waals surface area contributed by atoms with E-state index in [2.05, 4.69) is 34.3 Å². The number of pyridine rings is 2. The normalized spacial score (nSPS) is 13.0. The van der Waals surface area contributed by atoms with Crippen LogP contribution in [0.3, 0.4) is 0 Å². The van der Waals surface area contributed by atoms with Crippen molar-refractivity contribution in [2.45, 2.75) is 40.0 Å². The van der Waals surface area contributed by atoms with Crippen LogP contribution in [0.15, 0.2) is 36.8 Å². The molecule has 0 aromatic carbocycles.